The first-order valence-electron chi connectivity index (χ1n) is 8.93. The average molecular weight is 322 g/mol. The fourth-order valence-electron chi connectivity index (χ4n) is 3.99. The van der Waals surface area contributed by atoms with Gasteiger partial charge in [-0.05, 0) is 32.7 Å². The molecule has 0 aromatic carbocycles. The predicted molar refractivity (Wildman–Crippen MR) is 88.2 cm³/mol. The van der Waals surface area contributed by atoms with Gasteiger partial charge >= 0.3 is 0 Å². The zero-order valence-electron chi connectivity index (χ0n) is 14.7. The molecule has 3 rings (SSSR count). The van der Waals surface area contributed by atoms with Crippen LogP contribution in [0.25, 0.3) is 0 Å². The third kappa shape index (κ3) is 4.11. The molecule has 130 valence electrons. The number of ether oxygens (including phenoxy) is 1. The molecule has 0 amide bonds. The first-order valence-corrected chi connectivity index (χ1v) is 8.93. The molecule has 0 radical (unpaired) electrons. The lowest BCUT2D eigenvalue weighted by molar-refractivity contribution is -0.0126. The van der Waals surface area contributed by atoms with Crippen molar-refractivity contribution in [2.45, 2.75) is 51.2 Å². The number of rotatable bonds is 5. The minimum atomic E-state index is 0.189. The highest BCUT2D eigenvalue weighted by Crippen LogP contribution is 2.29. The monoisotopic (exact) mass is 322 g/mol. The number of likely N-dealkylation sites (N-methyl/N-ethyl adjacent to an activating group) is 1. The highest BCUT2D eigenvalue weighted by molar-refractivity contribution is 4.96. The zero-order chi connectivity index (χ0) is 16.2. The maximum Gasteiger partial charge on any atom is 0.245 e. The Hall–Kier alpha value is -0.980. The van der Waals surface area contributed by atoms with E-state index in [1.807, 2.05) is 14.0 Å². The second-order valence-corrected chi connectivity index (χ2v) is 7.11. The lowest BCUT2D eigenvalue weighted by atomic mass is 9.85. The van der Waals surface area contributed by atoms with E-state index in [4.69, 9.17) is 9.26 Å². The summed E-state index contributed by atoms with van der Waals surface area (Å²) in [7, 11) is 4.00. The van der Waals surface area contributed by atoms with Gasteiger partial charge in [-0.25, -0.2) is 0 Å². The van der Waals surface area contributed by atoms with E-state index in [9.17, 15) is 0 Å². The maximum absolute atomic E-state index is 5.86. The lowest BCUT2D eigenvalue weighted by Gasteiger charge is -2.40. The topological polar surface area (TPSA) is 54.6 Å². The van der Waals surface area contributed by atoms with E-state index in [-0.39, 0.29) is 6.04 Å². The second kappa shape index (κ2) is 7.73. The second-order valence-electron chi connectivity index (χ2n) is 7.11. The fraction of sp³-hybridized carbons (Fsp3) is 0.882. The molecule has 0 N–H and O–H groups in total. The van der Waals surface area contributed by atoms with Gasteiger partial charge in [-0.15, -0.1) is 0 Å². The number of aryl methyl sites for hydroxylation is 1. The van der Waals surface area contributed by atoms with Crippen LogP contribution in [0.4, 0.5) is 0 Å². The summed E-state index contributed by atoms with van der Waals surface area (Å²) in [5.41, 5.74) is 0. The molecule has 0 spiro atoms. The van der Waals surface area contributed by atoms with Gasteiger partial charge in [-0.1, -0.05) is 24.4 Å². The Morgan fingerprint density at radius 3 is 2.70 bits per heavy atom. The molecule has 2 unspecified atom stereocenters. The molecule has 1 aliphatic heterocycles. The number of nitrogens with zero attached hydrogens (tertiary/aromatic N) is 4. The molecule has 6 nitrogen and oxygen atoms in total. The van der Waals surface area contributed by atoms with E-state index in [2.05, 4.69) is 27.0 Å². The van der Waals surface area contributed by atoms with Gasteiger partial charge in [0.05, 0.1) is 6.10 Å². The van der Waals surface area contributed by atoms with E-state index in [0.29, 0.717) is 11.9 Å². The summed E-state index contributed by atoms with van der Waals surface area (Å²) < 4.78 is 11.3. The van der Waals surface area contributed by atoms with Crippen LogP contribution in [0.1, 0.15) is 49.9 Å². The number of aromatic nitrogens is 2. The Bertz CT molecular complexity index is 487. The largest absolute Gasteiger partial charge is 0.380 e. The van der Waals surface area contributed by atoms with Crippen molar-refractivity contribution in [2.24, 2.45) is 5.92 Å². The quantitative estimate of drug-likeness (QED) is 0.829. The van der Waals surface area contributed by atoms with Gasteiger partial charge < -0.3 is 9.26 Å². The van der Waals surface area contributed by atoms with Crippen molar-refractivity contribution in [1.29, 1.82) is 0 Å². The van der Waals surface area contributed by atoms with Crippen LogP contribution in [0, 0.1) is 12.8 Å². The van der Waals surface area contributed by atoms with E-state index in [1.165, 1.54) is 32.1 Å². The van der Waals surface area contributed by atoms with Crippen molar-refractivity contribution in [1.82, 2.24) is 19.9 Å². The molecule has 2 aliphatic rings. The van der Waals surface area contributed by atoms with Crippen molar-refractivity contribution in [3.8, 4) is 0 Å². The lowest BCUT2D eigenvalue weighted by Crippen LogP contribution is -2.50. The number of methoxy groups -OCH3 is 1. The van der Waals surface area contributed by atoms with Crippen LogP contribution in [0.3, 0.4) is 0 Å². The van der Waals surface area contributed by atoms with Gasteiger partial charge in [0.1, 0.15) is 6.04 Å². The smallest absolute Gasteiger partial charge is 0.245 e. The van der Waals surface area contributed by atoms with Crippen LogP contribution in [-0.2, 0) is 4.74 Å². The third-order valence-corrected chi connectivity index (χ3v) is 5.48. The summed E-state index contributed by atoms with van der Waals surface area (Å²) in [5, 5.41) is 3.95. The molecule has 1 saturated heterocycles. The minimum Gasteiger partial charge on any atom is -0.380 e. The molecule has 1 saturated carbocycles. The highest BCUT2D eigenvalue weighted by Gasteiger charge is 2.32. The van der Waals surface area contributed by atoms with Gasteiger partial charge in [0, 0.05) is 33.3 Å². The zero-order valence-corrected chi connectivity index (χ0v) is 14.7. The molecule has 1 aromatic rings. The summed E-state index contributed by atoms with van der Waals surface area (Å²) in [6.45, 7) is 5.92. The number of hydrogen-bond acceptors (Lipinski definition) is 6. The van der Waals surface area contributed by atoms with Crippen LogP contribution in [0.15, 0.2) is 4.52 Å². The van der Waals surface area contributed by atoms with E-state index in [1.54, 1.807) is 0 Å². The molecule has 6 heteroatoms. The molecule has 2 fully saturated rings. The molecule has 2 heterocycles. The van der Waals surface area contributed by atoms with Crippen LogP contribution in [-0.4, -0.2) is 66.4 Å². The first kappa shape index (κ1) is 16.9. The molecular formula is C17H30N4O2. The molecule has 1 aromatic heterocycles. The Kier molecular flexibility index (Phi) is 5.67. The highest BCUT2D eigenvalue weighted by atomic mass is 16.5. The maximum atomic E-state index is 5.86. The molecule has 1 aliphatic carbocycles. The van der Waals surface area contributed by atoms with Crippen molar-refractivity contribution in [3.05, 3.63) is 11.7 Å². The van der Waals surface area contributed by atoms with Gasteiger partial charge in [0.15, 0.2) is 5.82 Å². The van der Waals surface area contributed by atoms with Crippen LogP contribution >= 0.6 is 0 Å². The van der Waals surface area contributed by atoms with Crippen molar-refractivity contribution < 1.29 is 9.26 Å². The Balaban J connectivity index is 1.61. The van der Waals surface area contributed by atoms with E-state index in [0.717, 1.165) is 38.0 Å². The third-order valence-electron chi connectivity index (χ3n) is 5.48. The Labute approximate surface area is 139 Å². The SMILES string of the molecule is COC(CN1CCN(C)C(c2nc(C)no2)C1)C1CCCCC1. The van der Waals surface area contributed by atoms with Crippen molar-refractivity contribution in [3.63, 3.8) is 0 Å². The minimum absolute atomic E-state index is 0.189. The van der Waals surface area contributed by atoms with Gasteiger partial charge in [0.2, 0.25) is 5.89 Å². The molecule has 23 heavy (non-hydrogen) atoms. The standard InChI is InChI=1S/C17H30N4O2/c1-13-18-17(23-19-13)15-11-21(10-9-20(15)2)12-16(22-3)14-7-5-4-6-8-14/h14-16H,4-12H2,1-3H3. The van der Waals surface area contributed by atoms with Crippen molar-refractivity contribution >= 4 is 0 Å². The van der Waals surface area contributed by atoms with Crippen LogP contribution < -0.4 is 0 Å². The number of piperazine rings is 1. The first-order chi connectivity index (χ1) is 11.2. The summed E-state index contributed by atoms with van der Waals surface area (Å²) >= 11 is 0. The van der Waals surface area contributed by atoms with Gasteiger partial charge in [0.25, 0.3) is 0 Å². The summed E-state index contributed by atoms with van der Waals surface area (Å²) in [6.07, 6.45) is 7.09. The molecule has 0 bridgehead atoms. The molecular weight excluding hydrogens is 292 g/mol. The van der Waals surface area contributed by atoms with Gasteiger partial charge in [-0.3, -0.25) is 9.80 Å². The Morgan fingerprint density at radius 1 is 1.26 bits per heavy atom. The van der Waals surface area contributed by atoms with E-state index >= 15 is 0 Å². The van der Waals surface area contributed by atoms with Crippen LogP contribution in [0.2, 0.25) is 0 Å². The molecule has 2 atom stereocenters. The van der Waals surface area contributed by atoms with Gasteiger partial charge in [-0.2, -0.15) is 4.98 Å². The predicted octanol–water partition coefficient (Wildman–Crippen LogP) is 2.26. The normalized spacial score (nSPS) is 26.5. The number of hydrogen-bond donors (Lipinski definition) is 0. The van der Waals surface area contributed by atoms with Crippen molar-refractivity contribution in [2.75, 3.05) is 40.3 Å². The summed E-state index contributed by atoms with van der Waals surface area (Å²) in [6, 6.07) is 0.189. The Morgan fingerprint density at radius 2 is 2.04 bits per heavy atom. The summed E-state index contributed by atoms with van der Waals surface area (Å²) in [4.78, 5) is 9.25. The summed E-state index contributed by atoms with van der Waals surface area (Å²) in [5.74, 6) is 2.17. The van der Waals surface area contributed by atoms with E-state index < -0.39 is 0 Å². The average Bonchev–Trinajstić information content (AvgIpc) is 3.01. The fourth-order valence-corrected chi connectivity index (χ4v) is 3.99. The van der Waals surface area contributed by atoms with Crippen LogP contribution in [0.5, 0.6) is 0 Å².